The maximum atomic E-state index is 6.57. The summed E-state index contributed by atoms with van der Waals surface area (Å²) in [5.74, 6) is 1.58. The van der Waals surface area contributed by atoms with E-state index in [1.807, 2.05) is 18.2 Å². The van der Waals surface area contributed by atoms with Crippen LogP contribution in [0.15, 0.2) is 18.2 Å². The summed E-state index contributed by atoms with van der Waals surface area (Å²) < 4.78 is 0. The van der Waals surface area contributed by atoms with E-state index in [-0.39, 0.29) is 5.54 Å². The normalized spacial score (nSPS) is 27.8. The Hall–Kier alpha value is -0.240. The maximum absolute atomic E-state index is 6.57. The number of halogens is 2. The fraction of sp³-hybridized carbons (Fsp3) is 0.625. The molecule has 1 aliphatic carbocycles. The summed E-state index contributed by atoms with van der Waals surface area (Å²) in [5.41, 5.74) is 7.45. The molecule has 2 rings (SSSR count). The second-order valence-corrected chi connectivity index (χ2v) is 7.14. The predicted molar refractivity (Wildman–Crippen MR) is 83.9 cm³/mol. The lowest BCUT2D eigenvalue weighted by molar-refractivity contribution is 0.194. The summed E-state index contributed by atoms with van der Waals surface area (Å²) >= 11 is 12.5. The Kier molecular flexibility index (Phi) is 4.81. The lowest BCUT2D eigenvalue weighted by Crippen LogP contribution is -2.46. The molecule has 0 amide bonds. The van der Waals surface area contributed by atoms with Gasteiger partial charge in [-0.25, -0.2) is 0 Å². The van der Waals surface area contributed by atoms with Crippen LogP contribution >= 0.6 is 23.2 Å². The molecule has 0 aliphatic heterocycles. The highest BCUT2D eigenvalue weighted by atomic mass is 35.5. The molecule has 0 aromatic heterocycles. The molecule has 1 fully saturated rings. The zero-order valence-corrected chi connectivity index (χ0v) is 13.3. The molecule has 0 unspecified atom stereocenters. The van der Waals surface area contributed by atoms with Crippen molar-refractivity contribution in [3.63, 3.8) is 0 Å². The van der Waals surface area contributed by atoms with Gasteiger partial charge in [0.25, 0.3) is 0 Å². The first-order chi connectivity index (χ1) is 8.91. The second kappa shape index (κ2) is 6.03. The third-order valence-corrected chi connectivity index (χ3v) is 5.27. The van der Waals surface area contributed by atoms with Gasteiger partial charge in [-0.3, -0.25) is 0 Å². The van der Waals surface area contributed by atoms with Gasteiger partial charge in [-0.15, -0.1) is 0 Å². The standard InChI is InChI=1S/C16H23Cl2N/c1-11(2)12-6-8-16(19,9-7-12)10-13-14(17)4-3-5-15(13)18/h3-5,11-12H,6-10,19H2,1-2H3. The summed E-state index contributed by atoms with van der Waals surface area (Å²) in [7, 11) is 0. The zero-order valence-electron chi connectivity index (χ0n) is 11.8. The van der Waals surface area contributed by atoms with Crippen LogP contribution in [0.4, 0.5) is 0 Å². The molecule has 0 spiro atoms. The van der Waals surface area contributed by atoms with Crippen molar-refractivity contribution in [2.24, 2.45) is 17.6 Å². The monoisotopic (exact) mass is 299 g/mol. The molecule has 0 saturated heterocycles. The van der Waals surface area contributed by atoms with Gasteiger partial charge in [-0.1, -0.05) is 43.1 Å². The fourth-order valence-corrected chi connectivity index (χ4v) is 3.64. The van der Waals surface area contributed by atoms with Crippen LogP contribution in [0.1, 0.15) is 45.1 Å². The third kappa shape index (κ3) is 3.65. The van der Waals surface area contributed by atoms with Crippen LogP contribution < -0.4 is 5.73 Å². The molecule has 1 aromatic carbocycles. The van der Waals surface area contributed by atoms with Gasteiger partial charge in [0.2, 0.25) is 0 Å². The highest BCUT2D eigenvalue weighted by Gasteiger charge is 2.33. The molecule has 1 saturated carbocycles. The SMILES string of the molecule is CC(C)C1CCC(N)(Cc2c(Cl)cccc2Cl)CC1. The number of nitrogens with two attached hydrogens (primary N) is 1. The van der Waals surface area contributed by atoms with Crippen molar-refractivity contribution in [3.05, 3.63) is 33.8 Å². The van der Waals surface area contributed by atoms with Gasteiger partial charge in [0.05, 0.1) is 0 Å². The summed E-state index contributed by atoms with van der Waals surface area (Å²) in [6.45, 7) is 4.61. The molecule has 3 heteroatoms. The van der Waals surface area contributed by atoms with Crippen LogP contribution in [0.3, 0.4) is 0 Å². The summed E-state index contributed by atoms with van der Waals surface area (Å²) in [4.78, 5) is 0. The van der Waals surface area contributed by atoms with Crippen molar-refractivity contribution < 1.29 is 0 Å². The minimum absolute atomic E-state index is 0.139. The first kappa shape index (κ1) is 15.2. The lowest BCUT2D eigenvalue weighted by atomic mass is 9.71. The van der Waals surface area contributed by atoms with Crippen molar-refractivity contribution in [2.45, 2.75) is 51.5 Å². The first-order valence-corrected chi connectivity index (χ1v) is 7.89. The lowest BCUT2D eigenvalue weighted by Gasteiger charge is -2.39. The average molecular weight is 300 g/mol. The maximum Gasteiger partial charge on any atom is 0.0453 e. The minimum atomic E-state index is -0.139. The van der Waals surface area contributed by atoms with Crippen molar-refractivity contribution in [2.75, 3.05) is 0 Å². The van der Waals surface area contributed by atoms with Crippen LogP contribution in [0.5, 0.6) is 0 Å². The molecule has 0 atom stereocenters. The molecule has 1 nitrogen and oxygen atoms in total. The molecule has 0 radical (unpaired) electrons. The van der Waals surface area contributed by atoms with Gasteiger partial charge in [-0.05, 0) is 61.6 Å². The average Bonchev–Trinajstić information content (AvgIpc) is 2.35. The minimum Gasteiger partial charge on any atom is -0.325 e. The molecule has 0 heterocycles. The summed E-state index contributed by atoms with van der Waals surface area (Å²) in [6.07, 6.45) is 5.36. The Morgan fingerprint density at radius 2 is 1.74 bits per heavy atom. The van der Waals surface area contributed by atoms with Crippen LogP contribution in [0.25, 0.3) is 0 Å². The fourth-order valence-electron chi connectivity index (χ4n) is 3.11. The molecule has 19 heavy (non-hydrogen) atoms. The van der Waals surface area contributed by atoms with E-state index in [2.05, 4.69) is 13.8 Å². The molecule has 106 valence electrons. The zero-order chi connectivity index (χ0) is 14.0. The number of hydrogen-bond donors (Lipinski definition) is 1. The highest BCUT2D eigenvalue weighted by Crippen LogP contribution is 2.38. The van der Waals surface area contributed by atoms with E-state index >= 15 is 0 Å². The molecular weight excluding hydrogens is 277 g/mol. The van der Waals surface area contributed by atoms with Crippen LogP contribution in [-0.4, -0.2) is 5.54 Å². The Morgan fingerprint density at radius 3 is 2.21 bits per heavy atom. The van der Waals surface area contributed by atoms with E-state index in [0.29, 0.717) is 0 Å². The quantitative estimate of drug-likeness (QED) is 0.827. The highest BCUT2D eigenvalue weighted by molar-refractivity contribution is 6.36. The van der Waals surface area contributed by atoms with Gasteiger partial charge >= 0.3 is 0 Å². The Morgan fingerprint density at radius 1 is 1.21 bits per heavy atom. The largest absolute Gasteiger partial charge is 0.325 e. The molecule has 1 aromatic rings. The Bertz CT molecular complexity index is 414. The molecule has 2 N–H and O–H groups in total. The Labute approximate surface area is 126 Å². The topological polar surface area (TPSA) is 26.0 Å². The van der Waals surface area contributed by atoms with Crippen LogP contribution in [0.2, 0.25) is 10.0 Å². The summed E-state index contributed by atoms with van der Waals surface area (Å²) in [5, 5.41) is 1.48. The van der Waals surface area contributed by atoms with Gasteiger partial charge in [0.1, 0.15) is 0 Å². The van der Waals surface area contributed by atoms with Gasteiger partial charge in [0.15, 0.2) is 0 Å². The molecule has 1 aliphatic rings. The van der Waals surface area contributed by atoms with E-state index in [1.54, 1.807) is 0 Å². The van der Waals surface area contributed by atoms with Gasteiger partial charge in [0, 0.05) is 15.6 Å². The van der Waals surface area contributed by atoms with Gasteiger partial charge < -0.3 is 5.73 Å². The van der Waals surface area contributed by atoms with Crippen LogP contribution in [-0.2, 0) is 6.42 Å². The van der Waals surface area contributed by atoms with E-state index in [9.17, 15) is 0 Å². The first-order valence-electron chi connectivity index (χ1n) is 7.13. The van der Waals surface area contributed by atoms with E-state index < -0.39 is 0 Å². The third-order valence-electron chi connectivity index (χ3n) is 4.56. The van der Waals surface area contributed by atoms with Crippen molar-refractivity contribution in [3.8, 4) is 0 Å². The Balaban J connectivity index is 2.07. The van der Waals surface area contributed by atoms with Crippen molar-refractivity contribution >= 4 is 23.2 Å². The smallest absolute Gasteiger partial charge is 0.0453 e. The van der Waals surface area contributed by atoms with Gasteiger partial charge in [-0.2, -0.15) is 0 Å². The van der Waals surface area contributed by atoms with Crippen molar-refractivity contribution in [1.29, 1.82) is 0 Å². The predicted octanol–water partition coefficient (Wildman–Crippen LogP) is 5.08. The molecule has 0 bridgehead atoms. The van der Waals surface area contributed by atoms with Crippen LogP contribution in [0, 0.1) is 11.8 Å². The number of rotatable bonds is 3. The van der Waals surface area contributed by atoms with Crippen molar-refractivity contribution in [1.82, 2.24) is 0 Å². The number of benzene rings is 1. The van der Waals surface area contributed by atoms with E-state index in [1.165, 1.54) is 12.8 Å². The second-order valence-electron chi connectivity index (χ2n) is 6.32. The van der Waals surface area contributed by atoms with E-state index in [0.717, 1.165) is 46.7 Å². The number of hydrogen-bond acceptors (Lipinski definition) is 1. The summed E-state index contributed by atoms with van der Waals surface area (Å²) in [6, 6.07) is 5.67. The molecular formula is C16H23Cl2N. The van der Waals surface area contributed by atoms with E-state index in [4.69, 9.17) is 28.9 Å².